The Morgan fingerprint density at radius 2 is 1.81 bits per heavy atom. The van der Waals surface area contributed by atoms with Gasteiger partial charge in [-0.2, -0.15) is 0 Å². The monoisotopic (exact) mass is 218 g/mol. The first-order valence-corrected chi connectivity index (χ1v) is 6.98. The van der Waals surface area contributed by atoms with Gasteiger partial charge in [-0.3, -0.25) is 0 Å². The molecule has 2 aliphatic carbocycles. The fourth-order valence-corrected chi connectivity index (χ4v) is 3.27. The van der Waals surface area contributed by atoms with Crippen molar-refractivity contribution < 1.29 is 0 Å². The molecule has 2 heteroatoms. The second-order valence-electron chi connectivity index (χ2n) is 5.52. The van der Waals surface area contributed by atoms with E-state index in [0.29, 0.717) is 0 Å². The molecule has 2 nitrogen and oxygen atoms in total. The van der Waals surface area contributed by atoms with Crippen molar-refractivity contribution in [3.63, 3.8) is 0 Å². The second-order valence-corrected chi connectivity index (χ2v) is 5.52. The Hall–Kier alpha value is -0.790. The molecule has 1 aromatic heterocycles. The van der Waals surface area contributed by atoms with E-state index >= 15 is 0 Å². The van der Waals surface area contributed by atoms with Crippen LogP contribution in [0.25, 0.3) is 0 Å². The van der Waals surface area contributed by atoms with Crippen molar-refractivity contribution in [2.45, 2.75) is 64.2 Å². The fourth-order valence-electron chi connectivity index (χ4n) is 3.27. The van der Waals surface area contributed by atoms with E-state index in [1.54, 1.807) is 0 Å². The predicted octanol–water partition coefficient (Wildman–Crippen LogP) is 3.41. The van der Waals surface area contributed by atoms with Gasteiger partial charge in [0.05, 0.1) is 5.69 Å². The van der Waals surface area contributed by atoms with Crippen molar-refractivity contribution in [3.05, 3.63) is 17.2 Å². The smallest absolute Gasteiger partial charge is 0.106 e. The normalized spacial score (nSPS) is 22.0. The molecule has 0 aromatic carbocycles. The Kier molecular flexibility index (Phi) is 2.98. The van der Waals surface area contributed by atoms with Gasteiger partial charge >= 0.3 is 0 Å². The molecule has 0 radical (unpaired) electrons. The lowest BCUT2D eigenvalue weighted by atomic mass is 9.87. The number of rotatable bonds is 2. The lowest BCUT2D eigenvalue weighted by molar-refractivity contribution is 0.352. The summed E-state index contributed by atoms with van der Waals surface area (Å²) in [6, 6.07) is 0. The van der Waals surface area contributed by atoms with Crippen LogP contribution < -0.4 is 0 Å². The van der Waals surface area contributed by atoms with Crippen LogP contribution in [-0.2, 0) is 19.3 Å². The third kappa shape index (κ3) is 2.16. The molecule has 16 heavy (non-hydrogen) atoms. The zero-order valence-corrected chi connectivity index (χ0v) is 10.1. The molecular formula is C14H22N2. The summed E-state index contributed by atoms with van der Waals surface area (Å²) >= 11 is 0. The third-order valence-electron chi connectivity index (χ3n) is 4.21. The minimum absolute atomic E-state index is 0.904. The van der Waals surface area contributed by atoms with Crippen molar-refractivity contribution in [3.8, 4) is 0 Å². The summed E-state index contributed by atoms with van der Waals surface area (Å²) in [5.41, 5.74) is 2.81. The SMILES string of the molecule is C1CCC(Cc2nc3c([nH]2)CCCC3)CC1. The predicted molar refractivity (Wildman–Crippen MR) is 65.5 cm³/mol. The number of H-pyrrole nitrogens is 1. The van der Waals surface area contributed by atoms with Gasteiger partial charge in [-0.25, -0.2) is 4.98 Å². The van der Waals surface area contributed by atoms with Crippen LogP contribution >= 0.6 is 0 Å². The summed E-state index contributed by atoms with van der Waals surface area (Å²) < 4.78 is 0. The largest absolute Gasteiger partial charge is 0.346 e. The molecule has 3 rings (SSSR count). The van der Waals surface area contributed by atoms with Crippen molar-refractivity contribution in [2.75, 3.05) is 0 Å². The number of hydrogen-bond donors (Lipinski definition) is 1. The number of aryl methyl sites for hydroxylation is 2. The van der Waals surface area contributed by atoms with Crippen LogP contribution in [0.15, 0.2) is 0 Å². The van der Waals surface area contributed by atoms with Crippen LogP contribution in [0.5, 0.6) is 0 Å². The number of hydrogen-bond acceptors (Lipinski definition) is 1. The zero-order chi connectivity index (χ0) is 10.8. The Labute approximate surface area is 97.9 Å². The van der Waals surface area contributed by atoms with E-state index in [1.165, 1.54) is 81.4 Å². The Morgan fingerprint density at radius 3 is 2.62 bits per heavy atom. The van der Waals surface area contributed by atoms with E-state index in [4.69, 9.17) is 4.98 Å². The molecule has 0 saturated heterocycles. The van der Waals surface area contributed by atoms with E-state index in [-0.39, 0.29) is 0 Å². The Bertz CT molecular complexity index is 324. The minimum atomic E-state index is 0.904. The molecule has 0 amide bonds. The molecule has 1 aromatic rings. The summed E-state index contributed by atoms with van der Waals surface area (Å²) in [6.07, 6.45) is 13.5. The van der Waals surface area contributed by atoms with Gasteiger partial charge in [0, 0.05) is 12.1 Å². The first-order valence-electron chi connectivity index (χ1n) is 6.98. The molecule has 1 saturated carbocycles. The van der Waals surface area contributed by atoms with Gasteiger partial charge in [-0.15, -0.1) is 0 Å². The van der Waals surface area contributed by atoms with Crippen LogP contribution in [0.3, 0.4) is 0 Å². The zero-order valence-electron chi connectivity index (χ0n) is 10.1. The topological polar surface area (TPSA) is 28.7 Å². The average molecular weight is 218 g/mol. The number of imidazole rings is 1. The maximum Gasteiger partial charge on any atom is 0.106 e. The molecule has 1 heterocycles. The van der Waals surface area contributed by atoms with Gasteiger partial charge in [0.2, 0.25) is 0 Å². The first-order chi connectivity index (χ1) is 7.92. The maximum absolute atomic E-state index is 4.79. The van der Waals surface area contributed by atoms with E-state index in [1.807, 2.05) is 0 Å². The standard InChI is InChI=1S/C14H22N2/c1-2-6-11(7-3-1)10-14-15-12-8-4-5-9-13(12)16-14/h11H,1-10H2,(H,15,16). The minimum Gasteiger partial charge on any atom is -0.346 e. The fraction of sp³-hybridized carbons (Fsp3) is 0.786. The van der Waals surface area contributed by atoms with E-state index < -0.39 is 0 Å². The lowest BCUT2D eigenvalue weighted by Crippen LogP contribution is -2.10. The lowest BCUT2D eigenvalue weighted by Gasteiger charge is -2.20. The molecule has 88 valence electrons. The van der Waals surface area contributed by atoms with Gasteiger partial charge in [0.15, 0.2) is 0 Å². The first kappa shape index (κ1) is 10.4. The van der Waals surface area contributed by atoms with Gasteiger partial charge < -0.3 is 4.98 Å². The van der Waals surface area contributed by atoms with Crippen molar-refractivity contribution in [1.29, 1.82) is 0 Å². The molecule has 0 aliphatic heterocycles. The molecule has 1 fully saturated rings. The number of nitrogens with one attached hydrogen (secondary N) is 1. The summed E-state index contributed by atoms with van der Waals surface area (Å²) in [5.74, 6) is 2.18. The molecular weight excluding hydrogens is 196 g/mol. The number of aromatic amines is 1. The summed E-state index contributed by atoms with van der Waals surface area (Å²) in [6.45, 7) is 0. The molecule has 2 aliphatic rings. The summed E-state index contributed by atoms with van der Waals surface area (Å²) in [7, 11) is 0. The van der Waals surface area contributed by atoms with Crippen molar-refractivity contribution in [2.24, 2.45) is 5.92 Å². The highest BCUT2D eigenvalue weighted by Crippen LogP contribution is 2.27. The highest BCUT2D eigenvalue weighted by atomic mass is 14.9. The van der Waals surface area contributed by atoms with E-state index in [0.717, 1.165) is 5.92 Å². The number of nitrogens with zero attached hydrogens (tertiary/aromatic N) is 1. The second kappa shape index (κ2) is 4.60. The molecule has 0 atom stereocenters. The Morgan fingerprint density at radius 1 is 1.00 bits per heavy atom. The van der Waals surface area contributed by atoms with Crippen LogP contribution in [0.2, 0.25) is 0 Å². The molecule has 0 bridgehead atoms. The molecule has 0 spiro atoms. The van der Waals surface area contributed by atoms with Crippen LogP contribution in [0.4, 0.5) is 0 Å². The highest BCUT2D eigenvalue weighted by Gasteiger charge is 2.18. The van der Waals surface area contributed by atoms with Crippen LogP contribution in [-0.4, -0.2) is 9.97 Å². The van der Waals surface area contributed by atoms with Crippen LogP contribution in [0, 0.1) is 5.92 Å². The van der Waals surface area contributed by atoms with Crippen molar-refractivity contribution >= 4 is 0 Å². The van der Waals surface area contributed by atoms with E-state index in [2.05, 4.69) is 4.98 Å². The van der Waals surface area contributed by atoms with E-state index in [9.17, 15) is 0 Å². The highest BCUT2D eigenvalue weighted by molar-refractivity contribution is 5.17. The van der Waals surface area contributed by atoms with Gasteiger partial charge in [-0.05, 0) is 31.6 Å². The summed E-state index contributed by atoms with van der Waals surface area (Å²) in [4.78, 5) is 8.36. The third-order valence-corrected chi connectivity index (χ3v) is 4.21. The number of aromatic nitrogens is 2. The average Bonchev–Trinajstić information content (AvgIpc) is 2.72. The summed E-state index contributed by atoms with van der Waals surface area (Å²) in [5, 5.41) is 0. The van der Waals surface area contributed by atoms with Gasteiger partial charge in [0.25, 0.3) is 0 Å². The maximum atomic E-state index is 4.79. The van der Waals surface area contributed by atoms with Gasteiger partial charge in [0.1, 0.15) is 5.82 Å². The number of fused-ring (bicyclic) bond motifs is 1. The molecule has 0 unspecified atom stereocenters. The quantitative estimate of drug-likeness (QED) is 0.809. The van der Waals surface area contributed by atoms with Crippen molar-refractivity contribution in [1.82, 2.24) is 9.97 Å². The Balaban J connectivity index is 1.67. The van der Waals surface area contributed by atoms with Gasteiger partial charge in [-0.1, -0.05) is 32.1 Å². The van der Waals surface area contributed by atoms with Crippen LogP contribution in [0.1, 0.15) is 62.2 Å². The molecule has 1 N–H and O–H groups in total.